The van der Waals surface area contributed by atoms with Crippen molar-refractivity contribution in [1.29, 1.82) is 0 Å². The molecular weight excluding hydrogens is 203 g/mol. The van der Waals surface area contributed by atoms with E-state index in [1.807, 2.05) is 0 Å². The van der Waals surface area contributed by atoms with Crippen LogP contribution in [0, 0.1) is 5.82 Å². The molecule has 0 spiro atoms. The van der Waals surface area contributed by atoms with Gasteiger partial charge in [0.1, 0.15) is 11.6 Å². The number of hydrogen-bond acceptors (Lipinski definition) is 3. The van der Waals surface area contributed by atoms with Gasteiger partial charge in [0.15, 0.2) is 6.29 Å². The van der Waals surface area contributed by atoms with Gasteiger partial charge >= 0.3 is 0 Å². The lowest BCUT2D eigenvalue weighted by Gasteiger charge is -1.99. The normalized spacial score (nSPS) is 10.4. The number of thiophene rings is 1. The lowest BCUT2D eigenvalue weighted by Crippen LogP contribution is -1.89. The quantitative estimate of drug-likeness (QED) is 0.712. The summed E-state index contributed by atoms with van der Waals surface area (Å²) in [5.74, 6) is -0.0261. The molecule has 0 amide bonds. The molecule has 0 aliphatic rings. The topological polar surface area (TPSA) is 26.3 Å². The Bertz CT molecular complexity index is 490. The van der Waals surface area contributed by atoms with Crippen LogP contribution >= 0.6 is 11.3 Å². The number of benzene rings is 1. The van der Waals surface area contributed by atoms with Crippen molar-refractivity contribution in [2.75, 3.05) is 7.11 Å². The average Bonchev–Trinajstić information content (AvgIpc) is 2.62. The van der Waals surface area contributed by atoms with Crippen molar-refractivity contribution in [3.63, 3.8) is 0 Å². The van der Waals surface area contributed by atoms with Crippen molar-refractivity contribution in [2.45, 2.75) is 0 Å². The summed E-state index contributed by atoms with van der Waals surface area (Å²) in [5.41, 5.74) is 0.0641. The van der Waals surface area contributed by atoms with Crippen LogP contribution in [0.4, 0.5) is 4.39 Å². The largest absolute Gasteiger partial charge is 0.495 e. The summed E-state index contributed by atoms with van der Waals surface area (Å²) in [6.07, 6.45) is 0.506. The molecule has 14 heavy (non-hydrogen) atoms. The van der Waals surface area contributed by atoms with E-state index in [2.05, 4.69) is 0 Å². The zero-order chi connectivity index (χ0) is 10.1. The number of fused-ring (bicyclic) bond motifs is 1. The average molecular weight is 210 g/mol. The zero-order valence-corrected chi connectivity index (χ0v) is 8.23. The van der Waals surface area contributed by atoms with E-state index in [0.717, 1.165) is 4.70 Å². The molecule has 1 heterocycles. The molecule has 0 saturated carbocycles. The third-order valence-corrected chi connectivity index (χ3v) is 2.95. The number of methoxy groups -OCH3 is 1. The van der Waals surface area contributed by atoms with E-state index in [1.54, 1.807) is 11.4 Å². The van der Waals surface area contributed by atoms with Crippen molar-refractivity contribution in [3.05, 3.63) is 28.9 Å². The van der Waals surface area contributed by atoms with Crippen molar-refractivity contribution in [2.24, 2.45) is 0 Å². The summed E-state index contributed by atoms with van der Waals surface area (Å²) >= 11 is 1.39. The molecule has 0 radical (unpaired) electrons. The molecule has 0 aliphatic heterocycles. The molecule has 72 valence electrons. The highest BCUT2D eigenvalue weighted by Crippen LogP contribution is 2.34. The van der Waals surface area contributed by atoms with Crippen LogP contribution in [0.25, 0.3) is 10.1 Å². The predicted octanol–water partition coefficient (Wildman–Crippen LogP) is 2.86. The van der Waals surface area contributed by atoms with Gasteiger partial charge in [-0.2, -0.15) is 0 Å². The molecule has 1 aromatic carbocycles. The van der Waals surface area contributed by atoms with E-state index in [1.165, 1.54) is 24.5 Å². The van der Waals surface area contributed by atoms with Crippen molar-refractivity contribution in [1.82, 2.24) is 0 Å². The number of ether oxygens (including phenoxy) is 1. The molecule has 0 fully saturated rings. The summed E-state index contributed by atoms with van der Waals surface area (Å²) in [5, 5.41) is 2.12. The van der Waals surface area contributed by atoms with Crippen LogP contribution in [0.5, 0.6) is 5.75 Å². The first-order valence-corrected chi connectivity index (χ1v) is 4.84. The summed E-state index contributed by atoms with van der Waals surface area (Å²) in [6, 6.07) is 3.19. The molecule has 1 aromatic heterocycles. The molecule has 0 saturated heterocycles. The van der Waals surface area contributed by atoms with Gasteiger partial charge in [-0.25, -0.2) is 4.39 Å². The first-order chi connectivity index (χ1) is 6.77. The summed E-state index contributed by atoms with van der Waals surface area (Å²) in [4.78, 5) is 10.5. The van der Waals surface area contributed by atoms with Crippen molar-refractivity contribution in [3.8, 4) is 5.75 Å². The van der Waals surface area contributed by atoms with Crippen LogP contribution in [0.1, 0.15) is 10.4 Å². The third-order valence-electron chi connectivity index (χ3n) is 2.02. The Balaban J connectivity index is 2.83. The molecule has 0 atom stereocenters. The second kappa shape index (κ2) is 3.38. The Kier molecular flexibility index (Phi) is 2.21. The first-order valence-electron chi connectivity index (χ1n) is 3.96. The van der Waals surface area contributed by atoms with Gasteiger partial charge < -0.3 is 4.74 Å². The van der Waals surface area contributed by atoms with Gasteiger partial charge in [-0.1, -0.05) is 0 Å². The van der Waals surface area contributed by atoms with Gasteiger partial charge in [-0.3, -0.25) is 4.79 Å². The molecule has 0 N–H and O–H groups in total. The lowest BCUT2D eigenvalue weighted by atomic mass is 10.1. The maximum absolute atomic E-state index is 13.6. The second-order valence-electron chi connectivity index (χ2n) is 2.76. The molecular formula is C10H7FO2S. The van der Waals surface area contributed by atoms with Gasteiger partial charge in [0.25, 0.3) is 0 Å². The van der Waals surface area contributed by atoms with Gasteiger partial charge in [-0.05, 0) is 12.1 Å². The molecule has 2 aromatic rings. The van der Waals surface area contributed by atoms with Crippen molar-refractivity contribution < 1.29 is 13.9 Å². The monoisotopic (exact) mass is 210 g/mol. The fraction of sp³-hybridized carbons (Fsp3) is 0.100. The smallest absolute Gasteiger partial charge is 0.153 e. The number of hydrogen-bond donors (Lipinski definition) is 0. The maximum Gasteiger partial charge on any atom is 0.153 e. The predicted molar refractivity (Wildman–Crippen MR) is 53.7 cm³/mol. The second-order valence-corrected chi connectivity index (χ2v) is 3.68. The minimum Gasteiger partial charge on any atom is -0.495 e. The fourth-order valence-corrected chi connectivity index (χ4v) is 2.22. The SMILES string of the molecule is COc1csc2ccc(C=O)c(F)c12. The Hall–Kier alpha value is -1.42. The van der Waals surface area contributed by atoms with Gasteiger partial charge in [0.2, 0.25) is 0 Å². The molecule has 2 rings (SSSR count). The Morgan fingerprint density at radius 2 is 2.29 bits per heavy atom. The molecule has 0 bridgehead atoms. The van der Waals surface area contributed by atoms with Crippen LogP contribution in [0.2, 0.25) is 0 Å². The number of halogens is 1. The molecule has 0 unspecified atom stereocenters. The van der Waals surface area contributed by atoms with Crippen LogP contribution in [0.15, 0.2) is 17.5 Å². The number of carbonyl (C=O) groups excluding carboxylic acids is 1. The van der Waals surface area contributed by atoms with E-state index < -0.39 is 5.82 Å². The standard InChI is InChI=1S/C10H7FO2S/c1-13-7-5-14-8-3-2-6(4-12)10(11)9(7)8/h2-5H,1H3. The highest BCUT2D eigenvalue weighted by Gasteiger charge is 2.12. The minimum absolute atomic E-state index is 0.0641. The van der Waals surface area contributed by atoms with Crippen molar-refractivity contribution >= 4 is 27.7 Å². The van der Waals surface area contributed by atoms with Gasteiger partial charge in [0, 0.05) is 10.1 Å². The van der Waals surface area contributed by atoms with E-state index >= 15 is 0 Å². The molecule has 4 heteroatoms. The minimum atomic E-state index is -0.504. The van der Waals surface area contributed by atoms with Gasteiger partial charge in [-0.15, -0.1) is 11.3 Å². The number of aldehydes is 1. The number of carbonyl (C=O) groups is 1. The Morgan fingerprint density at radius 1 is 1.50 bits per heavy atom. The molecule has 0 aliphatic carbocycles. The molecule has 2 nitrogen and oxygen atoms in total. The number of rotatable bonds is 2. The Labute approximate surface area is 83.9 Å². The highest BCUT2D eigenvalue weighted by atomic mass is 32.1. The lowest BCUT2D eigenvalue weighted by molar-refractivity contribution is 0.112. The van der Waals surface area contributed by atoms with Crippen LogP contribution in [0.3, 0.4) is 0 Å². The van der Waals surface area contributed by atoms with E-state index in [-0.39, 0.29) is 5.56 Å². The summed E-state index contributed by atoms with van der Waals surface area (Å²) in [7, 11) is 1.48. The first kappa shape index (κ1) is 9.15. The zero-order valence-electron chi connectivity index (χ0n) is 7.41. The van der Waals surface area contributed by atoms with Crippen LogP contribution in [-0.4, -0.2) is 13.4 Å². The highest BCUT2D eigenvalue weighted by molar-refractivity contribution is 7.17. The van der Waals surface area contributed by atoms with E-state index in [9.17, 15) is 9.18 Å². The maximum atomic E-state index is 13.6. The third kappa shape index (κ3) is 1.19. The van der Waals surface area contributed by atoms with Crippen LogP contribution < -0.4 is 4.74 Å². The summed E-state index contributed by atoms with van der Waals surface area (Å²) in [6.45, 7) is 0. The fourth-order valence-electron chi connectivity index (χ4n) is 1.32. The Morgan fingerprint density at radius 3 is 2.93 bits per heavy atom. The van der Waals surface area contributed by atoms with Crippen LogP contribution in [-0.2, 0) is 0 Å². The summed E-state index contributed by atoms with van der Waals surface area (Å²) < 4.78 is 19.4. The van der Waals surface area contributed by atoms with E-state index in [4.69, 9.17) is 4.74 Å². The van der Waals surface area contributed by atoms with Gasteiger partial charge in [0.05, 0.1) is 18.1 Å². The van der Waals surface area contributed by atoms with E-state index in [0.29, 0.717) is 17.4 Å².